The summed E-state index contributed by atoms with van der Waals surface area (Å²) < 4.78 is 2.56. The van der Waals surface area contributed by atoms with Gasteiger partial charge in [0.25, 0.3) is 0 Å². The Kier molecular flexibility index (Phi) is 9.15. The molecular weight excluding hydrogens is 931 g/mol. The van der Waals surface area contributed by atoms with Crippen molar-refractivity contribution in [2.75, 3.05) is 9.80 Å². The molecule has 3 heteroatoms. The Morgan fingerprint density at radius 2 is 0.662 bits per heavy atom. The topological polar surface area (TPSA) is 10.9 Å². The lowest BCUT2D eigenvalue weighted by Gasteiger charge is -2.28. The summed E-state index contributed by atoms with van der Waals surface area (Å²) in [7, 11) is 0. The third kappa shape index (κ3) is 6.38. The van der Waals surface area contributed by atoms with E-state index in [4.69, 9.17) is 0 Å². The molecule has 0 bridgehead atoms. The number of nitrogens with zero attached hydrogens (tertiary/aromatic N) is 3. The van der Waals surface area contributed by atoms with Crippen LogP contribution in [-0.2, 0) is 10.8 Å². The Morgan fingerprint density at radius 1 is 0.273 bits per heavy atom. The molecular formula is C74H53N3. The Morgan fingerprint density at radius 3 is 1.13 bits per heavy atom. The van der Waals surface area contributed by atoms with Crippen LogP contribution in [0.15, 0.2) is 249 Å². The first-order valence-corrected chi connectivity index (χ1v) is 27.1. The van der Waals surface area contributed by atoms with Crippen LogP contribution >= 0.6 is 0 Å². The minimum Gasteiger partial charge on any atom is -0.310 e. The van der Waals surface area contributed by atoms with Gasteiger partial charge >= 0.3 is 0 Å². The van der Waals surface area contributed by atoms with Crippen molar-refractivity contribution in [3.8, 4) is 33.4 Å². The maximum atomic E-state index is 2.56. The van der Waals surface area contributed by atoms with E-state index in [0.29, 0.717) is 0 Å². The second-order valence-corrected chi connectivity index (χ2v) is 22.6. The van der Waals surface area contributed by atoms with Gasteiger partial charge in [-0.25, -0.2) is 0 Å². The molecule has 0 saturated carbocycles. The molecule has 12 aromatic carbocycles. The quantitative estimate of drug-likeness (QED) is 0.158. The fourth-order valence-electron chi connectivity index (χ4n) is 13.8. The number of hydrogen-bond acceptors (Lipinski definition) is 2. The molecule has 3 nitrogen and oxygen atoms in total. The number of fused-ring (bicyclic) bond motifs is 14. The standard InChI is InChI=1S/C74H53N3/c1-73(2)66-26-16-14-24-58(66)60-34-32-56(44-68(60)73)75(52-20-10-6-11-21-52)54-30-28-47-38-62-64-40-51(46-18-8-5-9-19-46)41-65-63-39-48-29-31-55(37-50(48)43-71(63)77(72(64)65)70(62)42-49(47)36-54)76(53-22-12-7-13-23-53)57-33-35-61-59-25-15-17-27-67(59)74(3,4)69(61)45-57/h5-45H,1-4H3. The predicted molar refractivity (Wildman–Crippen MR) is 326 cm³/mol. The van der Waals surface area contributed by atoms with Crippen molar-refractivity contribution in [3.63, 3.8) is 0 Å². The summed E-state index contributed by atoms with van der Waals surface area (Å²) in [6.45, 7) is 9.46. The molecule has 0 amide bonds. The van der Waals surface area contributed by atoms with Crippen LogP contribution in [0.3, 0.4) is 0 Å². The Hall–Kier alpha value is -9.44. The highest BCUT2D eigenvalue weighted by Crippen LogP contribution is 2.53. The van der Waals surface area contributed by atoms with E-state index in [1.54, 1.807) is 0 Å². The van der Waals surface area contributed by atoms with Crippen LogP contribution in [0.2, 0.25) is 0 Å². The van der Waals surface area contributed by atoms with E-state index in [1.807, 2.05) is 0 Å². The van der Waals surface area contributed by atoms with Gasteiger partial charge in [0.05, 0.1) is 16.6 Å². The van der Waals surface area contributed by atoms with Crippen molar-refractivity contribution < 1.29 is 0 Å². The van der Waals surface area contributed by atoms with E-state index in [0.717, 1.165) is 34.1 Å². The summed E-state index contributed by atoms with van der Waals surface area (Å²) in [5, 5.41) is 9.89. The molecule has 0 N–H and O–H groups in total. The van der Waals surface area contributed by atoms with Crippen LogP contribution in [-0.4, -0.2) is 4.40 Å². The number of anilines is 6. The smallest absolute Gasteiger partial charge is 0.0620 e. The number of para-hydroxylation sites is 2. The highest BCUT2D eigenvalue weighted by Gasteiger charge is 2.37. The van der Waals surface area contributed by atoms with Crippen LogP contribution < -0.4 is 9.80 Å². The van der Waals surface area contributed by atoms with Gasteiger partial charge in [-0.3, -0.25) is 0 Å². The average molecular weight is 984 g/mol. The van der Waals surface area contributed by atoms with Crippen molar-refractivity contribution in [3.05, 3.63) is 271 Å². The third-order valence-electron chi connectivity index (χ3n) is 17.6. The van der Waals surface area contributed by atoms with Gasteiger partial charge in [-0.15, -0.1) is 0 Å². The summed E-state index contributed by atoms with van der Waals surface area (Å²) >= 11 is 0. The zero-order chi connectivity index (χ0) is 51.3. The average Bonchev–Trinajstić information content (AvgIpc) is 4.22. The van der Waals surface area contributed by atoms with Gasteiger partial charge in [0.1, 0.15) is 0 Å². The van der Waals surface area contributed by atoms with E-state index < -0.39 is 0 Å². The van der Waals surface area contributed by atoms with Crippen LogP contribution in [0.4, 0.5) is 34.1 Å². The highest BCUT2D eigenvalue weighted by atomic mass is 15.1. The number of benzene rings is 12. The molecule has 364 valence electrons. The third-order valence-corrected chi connectivity index (χ3v) is 17.6. The number of rotatable bonds is 7. The molecule has 14 aromatic rings. The first-order chi connectivity index (χ1) is 37.7. The highest BCUT2D eigenvalue weighted by molar-refractivity contribution is 6.27. The molecule has 0 saturated heterocycles. The van der Waals surface area contributed by atoms with E-state index in [2.05, 4.69) is 291 Å². The summed E-state index contributed by atoms with van der Waals surface area (Å²) in [4.78, 5) is 4.86. The summed E-state index contributed by atoms with van der Waals surface area (Å²) in [6.07, 6.45) is 0. The molecule has 2 aromatic heterocycles. The second-order valence-electron chi connectivity index (χ2n) is 22.6. The maximum absolute atomic E-state index is 2.56. The molecule has 2 aliphatic carbocycles. The summed E-state index contributed by atoms with van der Waals surface area (Å²) in [5.74, 6) is 0. The zero-order valence-corrected chi connectivity index (χ0v) is 43.5. The fraction of sp³-hybridized carbons (Fsp3) is 0.0811. The number of hydrogen-bond donors (Lipinski definition) is 0. The Balaban J connectivity index is 0.893. The van der Waals surface area contributed by atoms with Crippen LogP contribution in [0.5, 0.6) is 0 Å². The van der Waals surface area contributed by atoms with Crippen molar-refractivity contribution in [2.45, 2.75) is 38.5 Å². The van der Waals surface area contributed by atoms with Crippen molar-refractivity contribution in [2.24, 2.45) is 0 Å². The first-order valence-electron chi connectivity index (χ1n) is 27.1. The van der Waals surface area contributed by atoms with Gasteiger partial charge in [0.2, 0.25) is 0 Å². The second kappa shape index (κ2) is 16.0. The molecule has 0 unspecified atom stereocenters. The molecule has 16 rings (SSSR count). The minimum absolute atomic E-state index is 0.115. The van der Waals surface area contributed by atoms with Gasteiger partial charge < -0.3 is 14.2 Å². The van der Waals surface area contributed by atoms with E-state index >= 15 is 0 Å². The van der Waals surface area contributed by atoms with E-state index in [1.165, 1.54) is 115 Å². The molecule has 2 aliphatic rings. The minimum atomic E-state index is -0.115. The summed E-state index contributed by atoms with van der Waals surface area (Å²) in [6, 6.07) is 93.2. The maximum Gasteiger partial charge on any atom is 0.0620 e. The van der Waals surface area contributed by atoms with Gasteiger partial charge in [-0.1, -0.05) is 167 Å². The monoisotopic (exact) mass is 983 g/mol. The predicted octanol–water partition coefficient (Wildman–Crippen LogP) is 20.4. The van der Waals surface area contributed by atoms with Crippen molar-refractivity contribution in [1.82, 2.24) is 4.40 Å². The molecule has 2 heterocycles. The van der Waals surface area contributed by atoms with E-state index in [-0.39, 0.29) is 10.8 Å². The lowest BCUT2D eigenvalue weighted by Crippen LogP contribution is -2.16. The van der Waals surface area contributed by atoms with Gasteiger partial charge in [-0.2, -0.15) is 0 Å². The lowest BCUT2D eigenvalue weighted by atomic mass is 9.82. The molecule has 77 heavy (non-hydrogen) atoms. The van der Waals surface area contributed by atoms with Crippen LogP contribution in [0.25, 0.3) is 93.0 Å². The number of aromatic nitrogens is 1. The van der Waals surface area contributed by atoms with Crippen LogP contribution in [0, 0.1) is 0 Å². The van der Waals surface area contributed by atoms with E-state index in [9.17, 15) is 0 Å². The van der Waals surface area contributed by atoms with Crippen LogP contribution in [0.1, 0.15) is 49.9 Å². The van der Waals surface area contributed by atoms with Gasteiger partial charge in [-0.05, 0) is 186 Å². The SMILES string of the molecule is CC1(C)c2ccccc2-c2ccc(N(c3ccccc3)c3ccc4cc5c6cc(-c7ccccc7)cc7c8cc9ccc(N(c%10ccccc%10)c%10ccc%11c(c%10)C(C)(C)c%10ccccc%10-%11)cc9cc8n(c5cc4c3)c67)cc21. The van der Waals surface area contributed by atoms with Gasteiger partial charge in [0, 0.05) is 66.5 Å². The summed E-state index contributed by atoms with van der Waals surface area (Å²) in [5.41, 5.74) is 23.5. The van der Waals surface area contributed by atoms with Crippen molar-refractivity contribution >= 4 is 93.8 Å². The largest absolute Gasteiger partial charge is 0.310 e. The molecule has 0 aliphatic heterocycles. The molecule has 0 spiro atoms. The molecule has 0 radical (unpaired) electrons. The molecule has 0 fully saturated rings. The normalized spacial score (nSPS) is 13.9. The van der Waals surface area contributed by atoms with Crippen molar-refractivity contribution in [1.29, 1.82) is 0 Å². The zero-order valence-electron chi connectivity index (χ0n) is 43.5. The molecule has 0 atom stereocenters. The Bertz CT molecular complexity index is 4460. The van der Waals surface area contributed by atoms with Gasteiger partial charge in [0.15, 0.2) is 0 Å². The Labute approximate surface area is 448 Å². The fourth-order valence-corrected chi connectivity index (χ4v) is 13.8. The lowest BCUT2D eigenvalue weighted by molar-refractivity contribution is 0.660. The first kappa shape index (κ1) is 43.9.